The second-order valence-electron chi connectivity index (χ2n) is 8.70. The van der Waals surface area contributed by atoms with Gasteiger partial charge in [0.2, 0.25) is 5.91 Å². The summed E-state index contributed by atoms with van der Waals surface area (Å²) in [5.41, 5.74) is 1.28. The monoisotopic (exact) mass is 665 g/mol. The van der Waals surface area contributed by atoms with E-state index in [2.05, 4.69) is 10.3 Å². The minimum Gasteiger partial charge on any atom is -0.468 e. The normalized spacial score (nSPS) is 11.2. The number of hydrogen-bond donors (Lipinski definition) is 1. The summed E-state index contributed by atoms with van der Waals surface area (Å²) >= 11 is 2.99. The van der Waals surface area contributed by atoms with Gasteiger partial charge >= 0.3 is 23.9 Å². The number of benzene rings is 1. The van der Waals surface area contributed by atoms with E-state index in [0.717, 1.165) is 34.4 Å². The first kappa shape index (κ1) is 34.5. The van der Waals surface area contributed by atoms with Crippen molar-refractivity contribution in [1.29, 1.82) is 0 Å². The molecule has 0 unspecified atom stereocenters. The predicted octanol–water partition coefficient (Wildman–Crippen LogP) is 3.58. The second-order valence-corrected chi connectivity index (χ2v) is 11.7. The van der Waals surface area contributed by atoms with E-state index in [4.69, 9.17) is 18.9 Å². The molecule has 1 aromatic carbocycles. The molecule has 1 N–H and O–H groups in total. The van der Waals surface area contributed by atoms with Gasteiger partial charge in [0, 0.05) is 0 Å². The number of esters is 4. The molecule has 16 heteroatoms. The smallest absolute Gasteiger partial charge is 0.348 e. The van der Waals surface area contributed by atoms with Crippen molar-refractivity contribution in [1.82, 2.24) is 4.57 Å². The van der Waals surface area contributed by atoms with Crippen LogP contribution in [0, 0.1) is 6.92 Å². The summed E-state index contributed by atoms with van der Waals surface area (Å²) in [6, 6.07) is 4.78. The van der Waals surface area contributed by atoms with E-state index >= 15 is 0 Å². The number of anilines is 1. The van der Waals surface area contributed by atoms with Crippen LogP contribution >= 0.6 is 34.4 Å². The lowest BCUT2D eigenvalue weighted by Crippen LogP contribution is -2.23. The number of carbonyl (C=O) groups is 6. The van der Waals surface area contributed by atoms with Crippen molar-refractivity contribution >= 4 is 85.3 Å². The third kappa shape index (κ3) is 8.54. The highest BCUT2D eigenvalue weighted by molar-refractivity contribution is 8.00. The molecule has 2 heterocycles. The maximum atomic E-state index is 12.8. The standard InChI is InChI=1S/C28H31N3O10S3/c1-6-39-25(35)16-9-10-17-18(11-16)43-28(31(17)12-21(34)38-5)30-20(33)14-42-13-19(32)29-24-22(26(36)40-7-2)15(4)23(44-24)27(37)41-8-3/h9-11H,6-8,12-14H2,1-5H3,(H,29,32). The van der Waals surface area contributed by atoms with E-state index < -0.39 is 35.7 Å². The van der Waals surface area contributed by atoms with Crippen molar-refractivity contribution in [2.75, 3.05) is 43.8 Å². The number of methoxy groups -OCH3 is 1. The number of thioether (sulfide) groups is 1. The molecule has 0 fully saturated rings. The molecule has 0 bridgehead atoms. The first-order valence-corrected chi connectivity index (χ1v) is 16.1. The number of aromatic nitrogens is 1. The summed E-state index contributed by atoms with van der Waals surface area (Å²) < 4.78 is 22.1. The van der Waals surface area contributed by atoms with Gasteiger partial charge in [0.1, 0.15) is 16.4 Å². The molecule has 0 aliphatic carbocycles. The predicted molar refractivity (Wildman–Crippen MR) is 165 cm³/mol. The maximum Gasteiger partial charge on any atom is 0.348 e. The van der Waals surface area contributed by atoms with E-state index in [0.29, 0.717) is 21.3 Å². The Balaban J connectivity index is 1.76. The molecule has 0 aliphatic rings. The Hall–Kier alpha value is -4.02. The van der Waals surface area contributed by atoms with Crippen molar-refractivity contribution in [3.8, 4) is 0 Å². The number of hydrogen-bond acceptors (Lipinski definition) is 13. The average Bonchev–Trinajstić information content (AvgIpc) is 3.48. The van der Waals surface area contributed by atoms with E-state index in [1.54, 1.807) is 45.9 Å². The fourth-order valence-corrected chi connectivity index (χ4v) is 6.61. The summed E-state index contributed by atoms with van der Waals surface area (Å²) in [4.78, 5) is 79.2. The number of thiophene rings is 1. The van der Waals surface area contributed by atoms with Gasteiger partial charge in [-0.1, -0.05) is 11.3 Å². The second kappa shape index (κ2) is 16.2. The van der Waals surface area contributed by atoms with Crippen LogP contribution in [-0.2, 0) is 39.9 Å². The van der Waals surface area contributed by atoms with E-state index in [-0.39, 0.29) is 58.1 Å². The molecule has 3 rings (SSSR count). The van der Waals surface area contributed by atoms with Gasteiger partial charge in [-0.15, -0.1) is 23.1 Å². The van der Waals surface area contributed by atoms with Gasteiger partial charge in [0.05, 0.1) is 59.8 Å². The Kier molecular flexibility index (Phi) is 12.7. The van der Waals surface area contributed by atoms with Crippen LogP contribution in [-0.4, -0.2) is 78.7 Å². The van der Waals surface area contributed by atoms with Crippen LogP contribution < -0.4 is 10.1 Å². The summed E-state index contributed by atoms with van der Waals surface area (Å²) in [5.74, 6) is -3.78. The van der Waals surface area contributed by atoms with Crippen LogP contribution in [0.25, 0.3) is 10.2 Å². The van der Waals surface area contributed by atoms with Gasteiger partial charge in [0.25, 0.3) is 5.91 Å². The SMILES string of the molecule is CCOC(=O)c1ccc2c(c1)sc(=NC(=O)CSCC(=O)Nc1sc(C(=O)OCC)c(C)c1C(=O)OCC)n2CC(=O)OC. The van der Waals surface area contributed by atoms with Crippen molar-refractivity contribution in [2.45, 2.75) is 34.2 Å². The lowest BCUT2D eigenvalue weighted by atomic mass is 10.1. The number of rotatable bonds is 13. The minimum atomic E-state index is -0.688. The summed E-state index contributed by atoms with van der Waals surface area (Å²) in [6.45, 7) is 6.79. The molecule has 236 valence electrons. The van der Waals surface area contributed by atoms with E-state index in [9.17, 15) is 28.8 Å². The van der Waals surface area contributed by atoms with Gasteiger partial charge < -0.3 is 28.8 Å². The third-order valence-electron chi connectivity index (χ3n) is 5.73. The summed E-state index contributed by atoms with van der Waals surface area (Å²) in [7, 11) is 1.24. The van der Waals surface area contributed by atoms with Gasteiger partial charge in [0.15, 0.2) is 4.80 Å². The van der Waals surface area contributed by atoms with Crippen molar-refractivity contribution in [3.05, 3.63) is 44.6 Å². The van der Waals surface area contributed by atoms with E-state index in [1.807, 2.05) is 0 Å². The van der Waals surface area contributed by atoms with Crippen molar-refractivity contribution < 1.29 is 47.7 Å². The zero-order chi connectivity index (χ0) is 32.4. The molecular weight excluding hydrogens is 635 g/mol. The van der Waals surface area contributed by atoms with Crippen molar-refractivity contribution in [3.63, 3.8) is 0 Å². The van der Waals surface area contributed by atoms with Crippen LogP contribution in [0.4, 0.5) is 5.00 Å². The number of amides is 2. The molecular formula is C28H31N3O10S3. The molecule has 0 spiro atoms. The number of ether oxygens (including phenoxy) is 4. The third-order valence-corrected chi connectivity index (χ3v) is 8.87. The van der Waals surface area contributed by atoms with Crippen LogP contribution in [0.2, 0.25) is 0 Å². The quantitative estimate of drug-likeness (QED) is 0.209. The minimum absolute atomic E-state index is 0.0652. The number of thiazole rings is 1. The number of carbonyl (C=O) groups excluding carboxylic acids is 6. The lowest BCUT2D eigenvalue weighted by Gasteiger charge is -2.07. The summed E-state index contributed by atoms with van der Waals surface area (Å²) in [5, 5.41) is 2.77. The lowest BCUT2D eigenvalue weighted by molar-refractivity contribution is -0.141. The number of fused-ring (bicyclic) bond motifs is 1. The molecule has 2 amide bonds. The highest BCUT2D eigenvalue weighted by Gasteiger charge is 2.27. The Labute approximate surface area is 264 Å². The van der Waals surface area contributed by atoms with Gasteiger partial charge in [-0.3, -0.25) is 14.4 Å². The molecule has 0 aliphatic heterocycles. The van der Waals surface area contributed by atoms with Gasteiger partial charge in [-0.25, -0.2) is 14.4 Å². The number of nitrogens with one attached hydrogen (secondary N) is 1. The fourth-order valence-electron chi connectivity index (χ4n) is 3.82. The Bertz CT molecular complexity index is 1650. The zero-order valence-electron chi connectivity index (χ0n) is 24.7. The zero-order valence-corrected chi connectivity index (χ0v) is 27.1. The fraction of sp³-hybridized carbons (Fsp3) is 0.393. The Morgan fingerprint density at radius 3 is 2.23 bits per heavy atom. The number of nitrogens with zero attached hydrogens (tertiary/aromatic N) is 2. The van der Waals surface area contributed by atoms with Crippen LogP contribution in [0.3, 0.4) is 0 Å². The first-order valence-electron chi connectivity index (χ1n) is 13.3. The highest BCUT2D eigenvalue weighted by atomic mass is 32.2. The van der Waals surface area contributed by atoms with Gasteiger partial charge in [-0.05, 0) is 51.5 Å². The molecule has 0 saturated carbocycles. The highest BCUT2D eigenvalue weighted by Crippen LogP contribution is 2.34. The first-order chi connectivity index (χ1) is 21.0. The molecule has 44 heavy (non-hydrogen) atoms. The van der Waals surface area contributed by atoms with Crippen LogP contribution in [0.1, 0.15) is 56.7 Å². The van der Waals surface area contributed by atoms with Crippen molar-refractivity contribution in [2.24, 2.45) is 4.99 Å². The average molecular weight is 666 g/mol. The molecule has 3 aromatic rings. The Morgan fingerprint density at radius 2 is 1.57 bits per heavy atom. The molecule has 0 saturated heterocycles. The molecule has 2 aromatic heterocycles. The molecule has 0 radical (unpaired) electrons. The molecule has 13 nitrogen and oxygen atoms in total. The Morgan fingerprint density at radius 1 is 0.909 bits per heavy atom. The topological polar surface area (TPSA) is 169 Å². The summed E-state index contributed by atoms with van der Waals surface area (Å²) in [6.07, 6.45) is 0. The van der Waals surface area contributed by atoms with Crippen LogP contribution in [0.15, 0.2) is 23.2 Å². The van der Waals surface area contributed by atoms with Crippen LogP contribution in [0.5, 0.6) is 0 Å². The van der Waals surface area contributed by atoms with E-state index in [1.165, 1.54) is 11.7 Å². The maximum absolute atomic E-state index is 12.8. The molecule has 0 atom stereocenters. The largest absolute Gasteiger partial charge is 0.468 e. The van der Waals surface area contributed by atoms with Gasteiger partial charge in [-0.2, -0.15) is 4.99 Å².